The van der Waals surface area contributed by atoms with Crippen LogP contribution < -0.4 is 5.32 Å². The van der Waals surface area contributed by atoms with Gasteiger partial charge in [0.1, 0.15) is 5.00 Å². The average Bonchev–Trinajstić information content (AvgIpc) is 3.23. The Morgan fingerprint density at radius 2 is 2.12 bits per heavy atom. The minimum absolute atomic E-state index is 0.0131. The summed E-state index contributed by atoms with van der Waals surface area (Å²) in [6.07, 6.45) is 0.711. The summed E-state index contributed by atoms with van der Waals surface area (Å²) in [4.78, 5) is 28.9. The maximum Gasteiger partial charge on any atom is 0.266 e. The predicted octanol–water partition coefficient (Wildman–Crippen LogP) is 3.62. The molecule has 128 valence electrons. The van der Waals surface area contributed by atoms with Gasteiger partial charge in [0.05, 0.1) is 23.7 Å². The third kappa shape index (κ3) is 3.24. The highest BCUT2D eigenvalue weighted by atomic mass is 32.1. The Kier molecular flexibility index (Phi) is 5.33. The first-order chi connectivity index (χ1) is 11.7. The smallest absolute Gasteiger partial charge is 0.266 e. The van der Waals surface area contributed by atoms with Crippen LogP contribution in [0.4, 0.5) is 5.00 Å². The van der Waals surface area contributed by atoms with Crippen molar-refractivity contribution in [1.82, 2.24) is 4.90 Å². The Balaban J connectivity index is 1.97. The van der Waals surface area contributed by atoms with Gasteiger partial charge in [-0.05, 0) is 37.3 Å². The minimum atomic E-state index is -0.168. The van der Waals surface area contributed by atoms with Crippen LogP contribution in [-0.4, -0.2) is 36.4 Å². The topological polar surface area (TPSA) is 58.6 Å². The van der Waals surface area contributed by atoms with E-state index in [2.05, 4.69) is 5.32 Å². The van der Waals surface area contributed by atoms with E-state index in [0.29, 0.717) is 48.2 Å². The summed E-state index contributed by atoms with van der Waals surface area (Å²) >= 11 is 2.84. The first-order valence-electron chi connectivity index (χ1n) is 8.02. The highest BCUT2D eigenvalue weighted by Gasteiger charge is 2.29. The first kappa shape index (κ1) is 17.1. The van der Waals surface area contributed by atoms with Crippen LogP contribution in [0.3, 0.4) is 0 Å². The number of anilines is 1. The molecule has 3 rings (SSSR count). The van der Waals surface area contributed by atoms with Gasteiger partial charge in [-0.15, -0.1) is 22.7 Å². The molecule has 2 aromatic rings. The van der Waals surface area contributed by atoms with Crippen molar-refractivity contribution in [3.05, 3.63) is 38.4 Å². The number of thiophene rings is 2. The van der Waals surface area contributed by atoms with Gasteiger partial charge >= 0.3 is 0 Å². The lowest BCUT2D eigenvalue weighted by molar-refractivity contribution is 0.0769. The zero-order valence-electron chi connectivity index (χ0n) is 13.8. The molecule has 0 unspecified atom stereocenters. The van der Waals surface area contributed by atoms with E-state index >= 15 is 0 Å². The van der Waals surface area contributed by atoms with Crippen molar-refractivity contribution in [3.8, 4) is 0 Å². The number of hydrogen-bond acceptors (Lipinski definition) is 5. The summed E-state index contributed by atoms with van der Waals surface area (Å²) in [7, 11) is 0. The Morgan fingerprint density at radius 1 is 1.33 bits per heavy atom. The van der Waals surface area contributed by atoms with E-state index in [1.807, 2.05) is 25.3 Å². The molecule has 0 spiro atoms. The number of ether oxygens (including phenoxy) is 1. The van der Waals surface area contributed by atoms with E-state index in [4.69, 9.17) is 4.74 Å². The molecule has 1 aliphatic heterocycles. The monoisotopic (exact) mass is 364 g/mol. The third-order valence-electron chi connectivity index (χ3n) is 4.06. The molecule has 24 heavy (non-hydrogen) atoms. The quantitative estimate of drug-likeness (QED) is 0.882. The number of carbonyl (C=O) groups is 2. The molecule has 2 amide bonds. The normalized spacial score (nSPS) is 13.4. The molecule has 2 aromatic heterocycles. The molecule has 0 saturated carbocycles. The van der Waals surface area contributed by atoms with Gasteiger partial charge in [0.15, 0.2) is 0 Å². The van der Waals surface area contributed by atoms with Crippen molar-refractivity contribution in [1.29, 1.82) is 0 Å². The number of amides is 2. The zero-order valence-corrected chi connectivity index (χ0v) is 15.4. The molecule has 7 heteroatoms. The second-order valence-corrected chi connectivity index (χ2v) is 7.47. The Morgan fingerprint density at radius 3 is 2.79 bits per heavy atom. The van der Waals surface area contributed by atoms with Crippen molar-refractivity contribution in [3.63, 3.8) is 0 Å². The lowest BCUT2D eigenvalue weighted by Gasteiger charge is -2.21. The Hall–Kier alpha value is -1.70. The van der Waals surface area contributed by atoms with Gasteiger partial charge in [0.2, 0.25) is 0 Å². The number of rotatable bonds is 5. The molecular weight excluding hydrogens is 344 g/mol. The second kappa shape index (κ2) is 7.46. The number of hydrogen-bond donors (Lipinski definition) is 1. The van der Waals surface area contributed by atoms with E-state index in [1.54, 1.807) is 11.0 Å². The van der Waals surface area contributed by atoms with Gasteiger partial charge in [0.25, 0.3) is 11.8 Å². The molecule has 0 radical (unpaired) electrons. The number of nitrogens with zero attached hydrogens (tertiary/aromatic N) is 1. The van der Waals surface area contributed by atoms with Crippen molar-refractivity contribution in [2.24, 2.45) is 0 Å². The van der Waals surface area contributed by atoms with E-state index < -0.39 is 0 Å². The molecule has 0 fully saturated rings. The summed E-state index contributed by atoms with van der Waals surface area (Å²) in [5.74, 6) is -0.181. The van der Waals surface area contributed by atoms with E-state index in [1.165, 1.54) is 22.7 Å². The van der Waals surface area contributed by atoms with Crippen LogP contribution in [0.2, 0.25) is 0 Å². The molecule has 3 heterocycles. The summed E-state index contributed by atoms with van der Waals surface area (Å²) in [6.45, 7) is 6.35. The van der Waals surface area contributed by atoms with Gasteiger partial charge in [0, 0.05) is 18.0 Å². The molecule has 0 aliphatic carbocycles. The third-order valence-corrected chi connectivity index (χ3v) is 6.05. The number of carbonyl (C=O) groups excluding carboxylic acids is 2. The minimum Gasteiger partial charge on any atom is -0.376 e. The number of fused-ring (bicyclic) bond motifs is 1. The highest BCUT2D eigenvalue weighted by molar-refractivity contribution is 7.17. The number of nitrogens with one attached hydrogen (secondary N) is 1. The maximum absolute atomic E-state index is 13.0. The van der Waals surface area contributed by atoms with Crippen LogP contribution in [0.5, 0.6) is 0 Å². The molecule has 1 N–H and O–H groups in total. The molecule has 5 nitrogen and oxygen atoms in total. The largest absolute Gasteiger partial charge is 0.376 e. The summed E-state index contributed by atoms with van der Waals surface area (Å²) in [6, 6.07) is 3.62. The fourth-order valence-electron chi connectivity index (χ4n) is 2.79. The maximum atomic E-state index is 13.0. The Labute approximate surface area is 149 Å². The van der Waals surface area contributed by atoms with E-state index in [9.17, 15) is 9.59 Å². The van der Waals surface area contributed by atoms with Crippen LogP contribution in [-0.2, 0) is 17.8 Å². The summed E-state index contributed by atoms with van der Waals surface area (Å²) in [5.41, 5.74) is 1.68. The Bertz CT molecular complexity index is 733. The van der Waals surface area contributed by atoms with Crippen molar-refractivity contribution in [2.45, 2.75) is 26.9 Å². The lowest BCUT2D eigenvalue weighted by atomic mass is 10.0. The molecule has 0 saturated heterocycles. The van der Waals surface area contributed by atoms with Crippen LogP contribution >= 0.6 is 22.7 Å². The van der Waals surface area contributed by atoms with Crippen molar-refractivity contribution >= 4 is 39.5 Å². The second-order valence-electron chi connectivity index (χ2n) is 5.42. The van der Waals surface area contributed by atoms with Gasteiger partial charge in [-0.3, -0.25) is 9.59 Å². The van der Waals surface area contributed by atoms with Crippen LogP contribution in [0.1, 0.15) is 44.3 Å². The molecular formula is C17H20N2O3S2. The SMILES string of the molecule is CCN(CC)C(=O)c1c(NC(=O)c2cccs2)sc2c1CCOC2. The van der Waals surface area contributed by atoms with Gasteiger partial charge in [-0.25, -0.2) is 0 Å². The molecule has 0 aromatic carbocycles. The van der Waals surface area contributed by atoms with Gasteiger partial charge in [-0.2, -0.15) is 0 Å². The van der Waals surface area contributed by atoms with Crippen LogP contribution in [0.15, 0.2) is 17.5 Å². The summed E-state index contributed by atoms with van der Waals surface area (Å²) in [5, 5.41) is 5.45. The first-order valence-corrected chi connectivity index (χ1v) is 9.71. The average molecular weight is 364 g/mol. The summed E-state index contributed by atoms with van der Waals surface area (Å²) < 4.78 is 5.51. The van der Waals surface area contributed by atoms with Gasteiger partial charge in [-0.1, -0.05) is 6.07 Å². The lowest BCUT2D eigenvalue weighted by Crippen LogP contribution is -2.32. The highest BCUT2D eigenvalue weighted by Crippen LogP contribution is 2.37. The fraction of sp³-hybridized carbons (Fsp3) is 0.412. The van der Waals surface area contributed by atoms with E-state index in [-0.39, 0.29) is 11.8 Å². The standard InChI is InChI=1S/C17H20N2O3S2/c1-3-19(4-2)17(21)14-11-7-8-22-10-13(11)24-16(14)18-15(20)12-6-5-9-23-12/h5-6,9H,3-4,7-8,10H2,1-2H3,(H,18,20). The van der Waals surface area contributed by atoms with Gasteiger partial charge < -0.3 is 15.0 Å². The van der Waals surface area contributed by atoms with E-state index in [0.717, 1.165) is 10.4 Å². The van der Waals surface area contributed by atoms with Crippen molar-refractivity contribution in [2.75, 3.05) is 25.0 Å². The molecule has 0 atom stereocenters. The molecule has 0 bridgehead atoms. The molecule has 1 aliphatic rings. The predicted molar refractivity (Wildman–Crippen MR) is 97.2 cm³/mol. The van der Waals surface area contributed by atoms with Crippen LogP contribution in [0.25, 0.3) is 0 Å². The zero-order chi connectivity index (χ0) is 17.1. The van der Waals surface area contributed by atoms with Crippen LogP contribution in [0, 0.1) is 0 Å². The van der Waals surface area contributed by atoms with Crippen molar-refractivity contribution < 1.29 is 14.3 Å². The fourth-order valence-corrected chi connectivity index (χ4v) is 4.58.